The Balaban J connectivity index is 1.80. The second-order valence-electron chi connectivity index (χ2n) is 7.42. The van der Waals surface area contributed by atoms with Crippen LogP contribution in [0, 0.1) is 23.2 Å². The van der Waals surface area contributed by atoms with E-state index in [2.05, 4.69) is 32.6 Å². The van der Waals surface area contributed by atoms with E-state index in [0.29, 0.717) is 5.41 Å². The second kappa shape index (κ2) is 5.30. The van der Waals surface area contributed by atoms with E-state index >= 15 is 0 Å². The van der Waals surface area contributed by atoms with Gasteiger partial charge in [0.15, 0.2) is 0 Å². The molecule has 1 atom stereocenters. The fourth-order valence-corrected chi connectivity index (χ4v) is 3.99. The van der Waals surface area contributed by atoms with E-state index in [1.807, 2.05) is 0 Å². The smallest absolute Gasteiger partial charge is 0.00127 e. The largest absolute Gasteiger partial charge is 0.303 e. The number of hydrogen-bond acceptors (Lipinski definition) is 1. The summed E-state index contributed by atoms with van der Waals surface area (Å²) in [5.74, 6) is 3.04. The summed E-state index contributed by atoms with van der Waals surface area (Å²) in [5.41, 5.74) is 0.538. The molecule has 1 saturated heterocycles. The van der Waals surface area contributed by atoms with Crippen molar-refractivity contribution in [2.24, 2.45) is 23.2 Å². The fraction of sp³-hybridized carbons (Fsp3) is 1.00. The van der Waals surface area contributed by atoms with Crippen LogP contribution < -0.4 is 0 Å². The van der Waals surface area contributed by atoms with E-state index in [1.54, 1.807) is 0 Å². The summed E-state index contributed by atoms with van der Waals surface area (Å²) in [7, 11) is 0. The molecule has 1 heterocycles. The van der Waals surface area contributed by atoms with Crippen molar-refractivity contribution in [3.05, 3.63) is 0 Å². The van der Waals surface area contributed by atoms with Gasteiger partial charge in [0.05, 0.1) is 0 Å². The molecule has 0 aromatic heterocycles. The number of rotatable bonds is 2. The second-order valence-corrected chi connectivity index (χ2v) is 7.42. The zero-order valence-electron chi connectivity index (χ0n) is 12.3. The van der Waals surface area contributed by atoms with Gasteiger partial charge >= 0.3 is 0 Å². The minimum absolute atomic E-state index is 0.538. The Morgan fingerprint density at radius 2 is 1.59 bits per heavy atom. The SMILES string of the molecule is CCN1CCC(C2CCC(C(C)(C)C)CC2)C1. The van der Waals surface area contributed by atoms with Crippen molar-refractivity contribution < 1.29 is 0 Å². The van der Waals surface area contributed by atoms with E-state index in [4.69, 9.17) is 0 Å². The maximum absolute atomic E-state index is 2.64. The highest BCUT2D eigenvalue weighted by molar-refractivity contribution is 4.86. The molecule has 0 aromatic carbocycles. The Kier molecular flexibility index (Phi) is 4.18. The van der Waals surface area contributed by atoms with E-state index in [-0.39, 0.29) is 0 Å². The molecule has 0 N–H and O–H groups in total. The van der Waals surface area contributed by atoms with Crippen LogP contribution in [0.15, 0.2) is 0 Å². The monoisotopic (exact) mass is 237 g/mol. The highest BCUT2D eigenvalue weighted by atomic mass is 15.1. The average molecular weight is 237 g/mol. The van der Waals surface area contributed by atoms with Gasteiger partial charge in [0.25, 0.3) is 0 Å². The number of likely N-dealkylation sites (tertiary alicyclic amines) is 1. The van der Waals surface area contributed by atoms with Gasteiger partial charge in [-0.15, -0.1) is 0 Å². The normalized spacial score (nSPS) is 36.4. The van der Waals surface area contributed by atoms with Crippen LogP contribution in [0.3, 0.4) is 0 Å². The molecule has 2 fully saturated rings. The van der Waals surface area contributed by atoms with E-state index in [9.17, 15) is 0 Å². The first-order chi connectivity index (χ1) is 8.00. The molecule has 1 heteroatoms. The first-order valence-electron chi connectivity index (χ1n) is 7.73. The first-order valence-corrected chi connectivity index (χ1v) is 7.73. The van der Waals surface area contributed by atoms with Crippen molar-refractivity contribution in [2.45, 2.75) is 59.8 Å². The lowest BCUT2D eigenvalue weighted by Gasteiger charge is -2.38. The molecule has 1 nitrogen and oxygen atoms in total. The predicted octanol–water partition coefficient (Wildman–Crippen LogP) is 4.18. The van der Waals surface area contributed by atoms with Gasteiger partial charge in [-0.25, -0.2) is 0 Å². The summed E-state index contributed by atoms with van der Waals surface area (Å²) in [4.78, 5) is 2.64. The van der Waals surface area contributed by atoms with Crippen LogP contribution in [0.2, 0.25) is 0 Å². The molecule has 1 unspecified atom stereocenters. The lowest BCUT2D eigenvalue weighted by molar-refractivity contribution is 0.124. The minimum Gasteiger partial charge on any atom is -0.303 e. The molecular weight excluding hydrogens is 206 g/mol. The molecule has 17 heavy (non-hydrogen) atoms. The quantitative estimate of drug-likeness (QED) is 0.696. The van der Waals surface area contributed by atoms with Crippen LogP contribution in [0.5, 0.6) is 0 Å². The van der Waals surface area contributed by atoms with Crippen LogP contribution >= 0.6 is 0 Å². The van der Waals surface area contributed by atoms with Gasteiger partial charge in [0.2, 0.25) is 0 Å². The first kappa shape index (κ1) is 13.4. The maximum atomic E-state index is 2.64. The third kappa shape index (κ3) is 3.24. The van der Waals surface area contributed by atoms with Crippen molar-refractivity contribution in [3.8, 4) is 0 Å². The maximum Gasteiger partial charge on any atom is 0.00127 e. The highest BCUT2D eigenvalue weighted by Gasteiger charge is 2.34. The van der Waals surface area contributed by atoms with E-state index in [0.717, 1.165) is 17.8 Å². The molecular formula is C16H31N. The summed E-state index contributed by atoms with van der Waals surface area (Å²) >= 11 is 0. The van der Waals surface area contributed by atoms with Crippen molar-refractivity contribution in [3.63, 3.8) is 0 Å². The third-order valence-electron chi connectivity index (χ3n) is 5.42. The Morgan fingerprint density at radius 3 is 2.06 bits per heavy atom. The summed E-state index contributed by atoms with van der Waals surface area (Å²) in [6.07, 6.45) is 7.45. The molecule has 0 bridgehead atoms. The molecule has 2 aliphatic rings. The van der Waals surface area contributed by atoms with Crippen LogP contribution in [0.1, 0.15) is 59.8 Å². The number of hydrogen-bond donors (Lipinski definition) is 0. The van der Waals surface area contributed by atoms with Crippen molar-refractivity contribution >= 4 is 0 Å². The standard InChI is InChI=1S/C16H31N/c1-5-17-11-10-14(12-17)13-6-8-15(9-7-13)16(2,3)4/h13-15H,5-12H2,1-4H3. The minimum atomic E-state index is 0.538. The fourth-order valence-electron chi connectivity index (χ4n) is 3.99. The van der Waals surface area contributed by atoms with Crippen LogP contribution in [0.4, 0.5) is 0 Å². The van der Waals surface area contributed by atoms with E-state index in [1.165, 1.54) is 51.7 Å². The van der Waals surface area contributed by atoms with Crippen LogP contribution in [-0.2, 0) is 0 Å². The topological polar surface area (TPSA) is 3.24 Å². The van der Waals surface area contributed by atoms with Crippen molar-refractivity contribution in [2.75, 3.05) is 19.6 Å². The molecule has 0 aromatic rings. The summed E-state index contributed by atoms with van der Waals surface area (Å²) < 4.78 is 0. The molecule has 1 saturated carbocycles. The Hall–Kier alpha value is -0.0400. The third-order valence-corrected chi connectivity index (χ3v) is 5.42. The molecule has 0 spiro atoms. The summed E-state index contributed by atoms with van der Waals surface area (Å²) in [6, 6.07) is 0. The molecule has 100 valence electrons. The molecule has 1 aliphatic carbocycles. The van der Waals surface area contributed by atoms with Gasteiger partial charge in [-0.05, 0) is 68.4 Å². The van der Waals surface area contributed by atoms with Gasteiger partial charge in [-0.2, -0.15) is 0 Å². The van der Waals surface area contributed by atoms with Gasteiger partial charge in [0, 0.05) is 6.54 Å². The van der Waals surface area contributed by atoms with Gasteiger partial charge in [0.1, 0.15) is 0 Å². The molecule has 2 rings (SSSR count). The van der Waals surface area contributed by atoms with Crippen molar-refractivity contribution in [1.29, 1.82) is 0 Å². The van der Waals surface area contributed by atoms with Crippen molar-refractivity contribution in [1.82, 2.24) is 4.90 Å². The van der Waals surface area contributed by atoms with Gasteiger partial charge < -0.3 is 4.90 Å². The summed E-state index contributed by atoms with van der Waals surface area (Å²) in [5, 5.41) is 0. The molecule has 1 aliphatic heterocycles. The van der Waals surface area contributed by atoms with Crippen LogP contribution in [-0.4, -0.2) is 24.5 Å². The average Bonchev–Trinajstić information content (AvgIpc) is 2.76. The molecule has 0 radical (unpaired) electrons. The Labute approximate surface area is 108 Å². The molecule has 0 amide bonds. The van der Waals surface area contributed by atoms with Crippen LogP contribution in [0.25, 0.3) is 0 Å². The lowest BCUT2D eigenvalue weighted by atomic mass is 9.67. The van der Waals surface area contributed by atoms with E-state index < -0.39 is 0 Å². The Morgan fingerprint density at radius 1 is 0.941 bits per heavy atom. The summed E-state index contributed by atoms with van der Waals surface area (Å²) in [6.45, 7) is 13.6. The Bertz CT molecular complexity index is 232. The lowest BCUT2D eigenvalue weighted by Crippen LogP contribution is -2.30. The van der Waals surface area contributed by atoms with Gasteiger partial charge in [-0.1, -0.05) is 27.7 Å². The predicted molar refractivity (Wildman–Crippen MR) is 75.1 cm³/mol. The highest BCUT2D eigenvalue weighted by Crippen LogP contribution is 2.43. The van der Waals surface area contributed by atoms with Gasteiger partial charge in [-0.3, -0.25) is 0 Å². The zero-order valence-corrected chi connectivity index (χ0v) is 12.3. The zero-order chi connectivity index (χ0) is 12.5. The number of nitrogens with zero attached hydrogens (tertiary/aromatic N) is 1.